The van der Waals surface area contributed by atoms with Crippen molar-refractivity contribution in [3.05, 3.63) is 17.7 Å². The Bertz CT molecular complexity index is 312. The predicted molar refractivity (Wildman–Crippen MR) is 54.0 cm³/mol. The van der Waals surface area contributed by atoms with E-state index < -0.39 is 0 Å². The van der Waals surface area contributed by atoms with Crippen LogP contribution in [0, 0.1) is 0 Å². The van der Waals surface area contributed by atoms with E-state index in [0.717, 1.165) is 5.56 Å². The lowest BCUT2D eigenvalue weighted by Gasteiger charge is -2.10. The molecule has 0 saturated heterocycles. The van der Waals surface area contributed by atoms with Crippen LogP contribution in [0.15, 0.2) is 12.1 Å². The van der Waals surface area contributed by atoms with E-state index in [0.29, 0.717) is 24.5 Å². The lowest BCUT2D eigenvalue weighted by Crippen LogP contribution is -2.03. The largest absolute Gasteiger partial charge is 0.508 e. The first-order chi connectivity index (χ1) is 6.72. The van der Waals surface area contributed by atoms with Crippen molar-refractivity contribution in [2.45, 2.75) is 6.42 Å². The first-order valence-corrected chi connectivity index (χ1v) is 4.36. The normalized spacial score (nSPS) is 9.93. The van der Waals surface area contributed by atoms with E-state index in [1.807, 2.05) is 0 Å². The van der Waals surface area contributed by atoms with Crippen molar-refractivity contribution in [3.63, 3.8) is 0 Å². The number of hydrogen-bond donors (Lipinski definition) is 2. The number of nitrogens with two attached hydrogens (primary N) is 1. The first kappa shape index (κ1) is 10.7. The van der Waals surface area contributed by atoms with Gasteiger partial charge < -0.3 is 20.3 Å². The number of rotatable bonds is 4. The summed E-state index contributed by atoms with van der Waals surface area (Å²) < 4.78 is 10.1. The van der Waals surface area contributed by atoms with Crippen molar-refractivity contribution in [2.75, 3.05) is 20.8 Å². The van der Waals surface area contributed by atoms with Gasteiger partial charge in [0.05, 0.1) is 14.2 Å². The van der Waals surface area contributed by atoms with Crippen molar-refractivity contribution < 1.29 is 14.6 Å². The fraction of sp³-hybridized carbons (Fsp3) is 0.400. The minimum absolute atomic E-state index is 0.188. The molecule has 0 saturated carbocycles. The summed E-state index contributed by atoms with van der Waals surface area (Å²) in [5.41, 5.74) is 6.18. The van der Waals surface area contributed by atoms with Gasteiger partial charge in [-0.2, -0.15) is 0 Å². The molecule has 0 atom stereocenters. The van der Waals surface area contributed by atoms with Gasteiger partial charge in [-0.05, 0) is 24.6 Å². The van der Waals surface area contributed by atoms with Gasteiger partial charge in [-0.1, -0.05) is 0 Å². The third-order valence-corrected chi connectivity index (χ3v) is 2.00. The van der Waals surface area contributed by atoms with Crippen LogP contribution in [0.4, 0.5) is 0 Å². The molecule has 78 valence electrons. The van der Waals surface area contributed by atoms with Gasteiger partial charge in [-0.3, -0.25) is 0 Å². The lowest BCUT2D eigenvalue weighted by molar-refractivity contribution is 0.350. The number of phenols is 1. The van der Waals surface area contributed by atoms with Crippen LogP contribution >= 0.6 is 0 Å². The van der Waals surface area contributed by atoms with Crippen LogP contribution in [-0.4, -0.2) is 25.9 Å². The van der Waals surface area contributed by atoms with Crippen LogP contribution in [0.25, 0.3) is 0 Å². The van der Waals surface area contributed by atoms with Crippen LogP contribution in [0.5, 0.6) is 17.2 Å². The molecule has 0 unspecified atom stereocenters. The predicted octanol–water partition coefficient (Wildman–Crippen LogP) is 0.911. The van der Waals surface area contributed by atoms with Gasteiger partial charge in [0.15, 0.2) is 11.5 Å². The van der Waals surface area contributed by atoms with Gasteiger partial charge in [0.1, 0.15) is 5.75 Å². The number of methoxy groups -OCH3 is 2. The van der Waals surface area contributed by atoms with E-state index in [1.54, 1.807) is 13.2 Å². The maximum atomic E-state index is 9.58. The number of hydrogen-bond acceptors (Lipinski definition) is 4. The molecule has 0 aliphatic carbocycles. The number of ether oxygens (including phenoxy) is 2. The molecule has 0 aliphatic rings. The van der Waals surface area contributed by atoms with Crippen molar-refractivity contribution in [3.8, 4) is 17.2 Å². The van der Waals surface area contributed by atoms with Crippen LogP contribution in [0.3, 0.4) is 0 Å². The number of phenolic OH excluding ortho intramolecular Hbond substituents is 1. The number of aromatic hydroxyl groups is 1. The summed E-state index contributed by atoms with van der Waals surface area (Å²) in [5.74, 6) is 1.31. The second-order valence-corrected chi connectivity index (χ2v) is 2.87. The standard InChI is InChI=1S/C10H15NO3/c1-13-9-5-7(3-4-11)8(12)6-10(9)14-2/h5-6,12H,3-4,11H2,1-2H3. The van der Waals surface area contributed by atoms with Crippen LogP contribution in [0.1, 0.15) is 5.56 Å². The van der Waals surface area contributed by atoms with E-state index in [4.69, 9.17) is 15.2 Å². The minimum atomic E-state index is 0.188. The van der Waals surface area contributed by atoms with Crippen LogP contribution < -0.4 is 15.2 Å². The highest BCUT2D eigenvalue weighted by atomic mass is 16.5. The smallest absolute Gasteiger partial charge is 0.164 e. The third kappa shape index (κ3) is 2.09. The van der Waals surface area contributed by atoms with Crippen molar-refractivity contribution in [1.82, 2.24) is 0 Å². The molecule has 4 heteroatoms. The topological polar surface area (TPSA) is 64.7 Å². The molecule has 0 amide bonds. The summed E-state index contributed by atoms with van der Waals surface area (Å²) >= 11 is 0. The summed E-state index contributed by atoms with van der Waals surface area (Å²) in [7, 11) is 3.08. The molecule has 0 bridgehead atoms. The molecule has 1 rings (SSSR count). The summed E-state index contributed by atoms with van der Waals surface area (Å²) in [4.78, 5) is 0. The molecule has 0 heterocycles. The average Bonchev–Trinajstić information content (AvgIpc) is 2.20. The first-order valence-electron chi connectivity index (χ1n) is 4.36. The molecule has 4 nitrogen and oxygen atoms in total. The second kappa shape index (κ2) is 4.72. The molecule has 1 aromatic rings. The van der Waals surface area contributed by atoms with E-state index in [1.165, 1.54) is 13.2 Å². The Balaban J connectivity index is 3.09. The molecule has 1 aromatic carbocycles. The summed E-state index contributed by atoms with van der Waals surface area (Å²) in [6.45, 7) is 0.489. The van der Waals surface area contributed by atoms with Crippen LogP contribution in [-0.2, 0) is 6.42 Å². The van der Waals surface area contributed by atoms with E-state index in [-0.39, 0.29) is 5.75 Å². The molecular weight excluding hydrogens is 182 g/mol. The maximum absolute atomic E-state index is 9.58. The SMILES string of the molecule is COc1cc(O)c(CCN)cc1OC. The van der Waals surface area contributed by atoms with Gasteiger partial charge in [0, 0.05) is 6.07 Å². The fourth-order valence-corrected chi connectivity index (χ4v) is 1.27. The van der Waals surface area contributed by atoms with E-state index >= 15 is 0 Å². The Kier molecular flexibility index (Phi) is 3.59. The third-order valence-electron chi connectivity index (χ3n) is 2.00. The molecule has 14 heavy (non-hydrogen) atoms. The fourth-order valence-electron chi connectivity index (χ4n) is 1.27. The highest BCUT2D eigenvalue weighted by molar-refractivity contribution is 5.50. The zero-order valence-corrected chi connectivity index (χ0v) is 8.41. The molecule has 0 fully saturated rings. The van der Waals surface area contributed by atoms with Gasteiger partial charge in [-0.25, -0.2) is 0 Å². The zero-order chi connectivity index (χ0) is 10.6. The average molecular weight is 197 g/mol. The Morgan fingerprint density at radius 2 is 1.79 bits per heavy atom. The Morgan fingerprint density at radius 3 is 2.29 bits per heavy atom. The summed E-state index contributed by atoms with van der Waals surface area (Å²) in [6, 6.07) is 3.27. The van der Waals surface area contributed by atoms with Crippen molar-refractivity contribution in [1.29, 1.82) is 0 Å². The Hall–Kier alpha value is -1.42. The number of benzene rings is 1. The van der Waals surface area contributed by atoms with E-state index in [9.17, 15) is 5.11 Å². The highest BCUT2D eigenvalue weighted by Gasteiger charge is 2.09. The van der Waals surface area contributed by atoms with Gasteiger partial charge in [0.25, 0.3) is 0 Å². The minimum Gasteiger partial charge on any atom is -0.508 e. The van der Waals surface area contributed by atoms with Crippen LogP contribution in [0.2, 0.25) is 0 Å². The van der Waals surface area contributed by atoms with E-state index in [2.05, 4.69) is 0 Å². The quantitative estimate of drug-likeness (QED) is 0.753. The molecule has 3 N–H and O–H groups in total. The molecule has 0 aromatic heterocycles. The zero-order valence-electron chi connectivity index (χ0n) is 8.41. The maximum Gasteiger partial charge on any atom is 0.164 e. The molecular formula is C10H15NO3. The summed E-state index contributed by atoms with van der Waals surface area (Å²) in [6.07, 6.45) is 0.617. The Morgan fingerprint density at radius 1 is 1.21 bits per heavy atom. The summed E-state index contributed by atoms with van der Waals surface area (Å²) in [5, 5.41) is 9.58. The van der Waals surface area contributed by atoms with Crippen molar-refractivity contribution >= 4 is 0 Å². The monoisotopic (exact) mass is 197 g/mol. The molecule has 0 spiro atoms. The molecule has 0 aliphatic heterocycles. The van der Waals surface area contributed by atoms with Gasteiger partial charge >= 0.3 is 0 Å². The van der Waals surface area contributed by atoms with Crippen molar-refractivity contribution in [2.24, 2.45) is 5.73 Å². The second-order valence-electron chi connectivity index (χ2n) is 2.87. The van der Waals surface area contributed by atoms with Gasteiger partial charge in [0.2, 0.25) is 0 Å². The Labute approximate surface area is 83.3 Å². The van der Waals surface area contributed by atoms with Gasteiger partial charge in [-0.15, -0.1) is 0 Å². The molecule has 0 radical (unpaired) electrons. The highest BCUT2D eigenvalue weighted by Crippen LogP contribution is 2.33. The lowest BCUT2D eigenvalue weighted by atomic mass is 10.1.